The molecule has 8 heteroatoms. The molecular formula is C21H31NO6S. The molecule has 162 valence electrons. The zero-order chi connectivity index (χ0) is 21.2. The summed E-state index contributed by atoms with van der Waals surface area (Å²) in [6.07, 6.45) is 1.79. The molecule has 29 heavy (non-hydrogen) atoms. The van der Waals surface area contributed by atoms with Gasteiger partial charge in [-0.3, -0.25) is 8.98 Å². The summed E-state index contributed by atoms with van der Waals surface area (Å²) in [5, 5.41) is 2.90. The lowest BCUT2D eigenvalue weighted by Gasteiger charge is -2.27. The quantitative estimate of drug-likeness (QED) is 0.676. The lowest BCUT2D eigenvalue weighted by atomic mass is 9.87. The standard InChI is InChI=1S/C21H31NO6S/c1-5-26-20-16(22-19(23)14-9-7-6-8-10-14)18(28-29(4,24)25)17(27-20)15-11-12-21(2,3)13-15/h6-10,15-18,20H,5,11-13H2,1-4H3,(H,22,23)/t15-,16+,17-,18+,20+/m1/s1. The van der Waals surface area contributed by atoms with E-state index in [1.807, 2.05) is 13.0 Å². The first-order valence-corrected chi connectivity index (χ1v) is 11.9. The lowest BCUT2D eigenvalue weighted by Crippen LogP contribution is -2.50. The average molecular weight is 426 g/mol. The lowest BCUT2D eigenvalue weighted by molar-refractivity contribution is -0.148. The highest BCUT2D eigenvalue weighted by Crippen LogP contribution is 2.46. The number of carbonyl (C=O) groups is 1. The number of hydrogen-bond acceptors (Lipinski definition) is 6. The van der Waals surface area contributed by atoms with Crippen molar-refractivity contribution in [1.29, 1.82) is 0 Å². The Hall–Kier alpha value is -1.48. The minimum atomic E-state index is -3.76. The minimum Gasteiger partial charge on any atom is -0.351 e. The van der Waals surface area contributed by atoms with E-state index in [4.69, 9.17) is 13.7 Å². The smallest absolute Gasteiger partial charge is 0.264 e. The van der Waals surface area contributed by atoms with Crippen molar-refractivity contribution >= 4 is 16.0 Å². The Labute approximate surface area is 173 Å². The van der Waals surface area contributed by atoms with Crippen molar-refractivity contribution in [3.05, 3.63) is 35.9 Å². The van der Waals surface area contributed by atoms with Crippen molar-refractivity contribution in [2.45, 2.75) is 64.6 Å². The summed E-state index contributed by atoms with van der Waals surface area (Å²) in [4.78, 5) is 12.8. The molecule has 3 rings (SSSR count). The van der Waals surface area contributed by atoms with Gasteiger partial charge < -0.3 is 14.8 Å². The summed E-state index contributed by atoms with van der Waals surface area (Å²) in [6.45, 7) is 6.60. The topological polar surface area (TPSA) is 90.9 Å². The van der Waals surface area contributed by atoms with Crippen molar-refractivity contribution in [2.75, 3.05) is 12.9 Å². The first-order valence-electron chi connectivity index (χ1n) is 10.1. The highest BCUT2D eigenvalue weighted by Gasteiger charge is 2.53. The van der Waals surface area contributed by atoms with Crippen LogP contribution in [0.15, 0.2) is 30.3 Å². The van der Waals surface area contributed by atoms with Crippen molar-refractivity contribution < 1.29 is 26.9 Å². The summed E-state index contributed by atoms with van der Waals surface area (Å²) >= 11 is 0. The second kappa shape index (κ2) is 8.71. The number of benzene rings is 1. The second-order valence-corrected chi connectivity index (χ2v) is 10.3. The third-order valence-electron chi connectivity index (χ3n) is 5.68. The van der Waals surface area contributed by atoms with Gasteiger partial charge in [-0.25, -0.2) is 0 Å². The molecule has 2 aliphatic rings. The van der Waals surface area contributed by atoms with Crippen LogP contribution in [0.4, 0.5) is 0 Å². The molecule has 7 nitrogen and oxygen atoms in total. The molecule has 0 unspecified atom stereocenters. The van der Waals surface area contributed by atoms with Gasteiger partial charge in [0.15, 0.2) is 6.29 Å². The fourth-order valence-electron chi connectivity index (χ4n) is 4.42. The van der Waals surface area contributed by atoms with Gasteiger partial charge in [0.05, 0.1) is 12.4 Å². The molecule has 5 atom stereocenters. The fraction of sp³-hybridized carbons (Fsp3) is 0.667. The van der Waals surface area contributed by atoms with Gasteiger partial charge in [0.1, 0.15) is 12.1 Å². The van der Waals surface area contributed by atoms with E-state index in [1.165, 1.54) is 0 Å². The number of amides is 1. The van der Waals surface area contributed by atoms with Crippen molar-refractivity contribution in [2.24, 2.45) is 11.3 Å². The molecule has 1 aromatic carbocycles. The third kappa shape index (κ3) is 5.57. The Bertz CT molecular complexity index is 810. The molecule has 1 saturated heterocycles. The maximum absolute atomic E-state index is 12.8. The Morgan fingerprint density at radius 1 is 1.28 bits per heavy atom. The first kappa shape index (κ1) is 22.2. The Balaban J connectivity index is 1.87. The molecule has 0 bridgehead atoms. The van der Waals surface area contributed by atoms with Crippen LogP contribution in [0.5, 0.6) is 0 Å². The molecule has 2 fully saturated rings. The van der Waals surface area contributed by atoms with Gasteiger partial charge in [0, 0.05) is 12.2 Å². The number of nitrogens with one attached hydrogen (secondary N) is 1. The zero-order valence-corrected chi connectivity index (χ0v) is 18.3. The van der Waals surface area contributed by atoms with Gasteiger partial charge in [-0.1, -0.05) is 32.0 Å². The van der Waals surface area contributed by atoms with Crippen LogP contribution in [0.2, 0.25) is 0 Å². The first-order chi connectivity index (χ1) is 13.6. The second-order valence-electron chi connectivity index (χ2n) is 8.72. The van der Waals surface area contributed by atoms with Crippen molar-refractivity contribution in [3.63, 3.8) is 0 Å². The molecule has 1 N–H and O–H groups in total. The molecule has 1 aromatic rings. The van der Waals surface area contributed by atoms with E-state index in [2.05, 4.69) is 19.2 Å². The number of ether oxygens (including phenoxy) is 2. The monoisotopic (exact) mass is 425 g/mol. The summed E-state index contributed by atoms with van der Waals surface area (Å²) in [5.74, 6) is -0.184. The Kier molecular flexibility index (Phi) is 6.67. The average Bonchev–Trinajstić information content (AvgIpc) is 3.15. The third-order valence-corrected chi connectivity index (χ3v) is 6.26. The minimum absolute atomic E-state index is 0.137. The van der Waals surface area contributed by atoms with Crippen LogP contribution >= 0.6 is 0 Å². The Morgan fingerprint density at radius 3 is 2.52 bits per heavy atom. The van der Waals surface area contributed by atoms with Gasteiger partial charge in [0.2, 0.25) is 0 Å². The van der Waals surface area contributed by atoms with E-state index in [0.29, 0.717) is 12.2 Å². The van der Waals surface area contributed by atoms with E-state index >= 15 is 0 Å². The van der Waals surface area contributed by atoms with E-state index in [0.717, 1.165) is 25.5 Å². The van der Waals surface area contributed by atoms with Crippen molar-refractivity contribution in [1.82, 2.24) is 5.32 Å². The zero-order valence-electron chi connectivity index (χ0n) is 17.5. The van der Waals surface area contributed by atoms with Crippen LogP contribution in [-0.4, -0.2) is 51.7 Å². The number of rotatable bonds is 7. The summed E-state index contributed by atoms with van der Waals surface area (Å²) in [7, 11) is -3.76. The molecule has 0 aromatic heterocycles. The summed E-state index contributed by atoms with van der Waals surface area (Å²) in [5.41, 5.74) is 0.641. The maximum atomic E-state index is 12.8. The normalized spacial score (nSPS) is 31.7. The van der Waals surface area contributed by atoms with E-state index in [9.17, 15) is 13.2 Å². The Morgan fingerprint density at radius 2 is 1.97 bits per heavy atom. The van der Waals surface area contributed by atoms with Gasteiger partial charge in [-0.15, -0.1) is 0 Å². The highest BCUT2D eigenvalue weighted by atomic mass is 32.2. The maximum Gasteiger partial charge on any atom is 0.264 e. The van der Waals surface area contributed by atoms with Gasteiger partial charge in [-0.05, 0) is 49.7 Å². The predicted octanol–water partition coefficient (Wildman–Crippen LogP) is 2.72. The van der Waals surface area contributed by atoms with Crippen LogP contribution in [-0.2, 0) is 23.8 Å². The molecule has 1 aliphatic heterocycles. The SMILES string of the molecule is CCO[C@H]1O[C@H]([C@@H]2CCC(C)(C)C2)[C@@H](OS(C)(=O)=O)[C@@H]1NC(=O)c1ccccc1. The molecule has 1 heterocycles. The van der Waals surface area contributed by atoms with E-state index in [1.54, 1.807) is 24.3 Å². The van der Waals surface area contributed by atoms with E-state index in [-0.39, 0.29) is 17.2 Å². The molecule has 1 aliphatic carbocycles. The van der Waals surface area contributed by atoms with Crippen molar-refractivity contribution in [3.8, 4) is 0 Å². The number of hydrogen-bond donors (Lipinski definition) is 1. The van der Waals surface area contributed by atoms with Gasteiger partial charge in [0.25, 0.3) is 16.0 Å². The molecule has 1 amide bonds. The summed E-state index contributed by atoms with van der Waals surface area (Å²) < 4.78 is 41.4. The van der Waals surface area contributed by atoms with Crippen LogP contribution in [0.3, 0.4) is 0 Å². The predicted molar refractivity (Wildman–Crippen MR) is 109 cm³/mol. The molecular weight excluding hydrogens is 394 g/mol. The fourth-order valence-corrected chi connectivity index (χ4v) is 5.06. The molecule has 1 saturated carbocycles. The van der Waals surface area contributed by atoms with Gasteiger partial charge in [-0.2, -0.15) is 8.42 Å². The molecule has 0 spiro atoms. The van der Waals surface area contributed by atoms with Crippen LogP contribution in [0, 0.1) is 11.3 Å². The number of carbonyl (C=O) groups excluding carboxylic acids is 1. The van der Waals surface area contributed by atoms with Crippen LogP contribution in [0.1, 0.15) is 50.4 Å². The summed E-state index contributed by atoms with van der Waals surface area (Å²) in [6, 6.07) is 8.04. The van der Waals surface area contributed by atoms with Crippen LogP contribution in [0.25, 0.3) is 0 Å². The molecule has 0 radical (unpaired) electrons. The largest absolute Gasteiger partial charge is 0.351 e. The highest BCUT2D eigenvalue weighted by molar-refractivity contribution is 7.86. The van der Waals surface area contributed by atoms with Crippen LogP contribution < -0.4 is 5.32 Å². The van der Waals surface area contributed by atoms with E-state index < -0.39 is 34.7 Å². The van der Waals surface area contributed by atoms with Gasteiger partial charge >= 0.3 is 0 Å².